The Hall–Kier alpha value is -6.65. The summed E-state index contributed by atoms with van der Waals surface area (Å²) < 4.78 is 13.0. The number of nitrogens with zero attached hydrogens (tertiary/aromatic N) is 1. The average molecular weight is 669 g/mol. The second-order valence-electron chi connectivity index (χ2n) is 13.9. The van der Waals surface area contributed by atoms with Gasteiger partial charge in [-0.25, -0.2) is 0 Å². The molecule has 1 N–H and O–H groups in total. The zero-order chi connectivity index (χ0) is 34.2. The molecule has 4 heteroatoms. The molecule has 4 nitrogen and oxygen atoms in total. The van der Waals surface area contributed by atoms with Gasteiger partial charge < -0.3 is 14.2 Å². The summed E-state index contributed by atoms with van der Waals surface area (Å²) in [4.78, 5) is 5.41. The topological polar surface area (TPSA) is 50.7 Å². The van der Waals surface area contributed by atoms with Crippen LogP contribution in [0.15, 0.2) is 165 Å². The van der Waals surface area contributed by atoms with E-state index in [1.165, 1.54) is 21.6 Å². The molecule has 0 spiro atoms. The van der Waals surface area contributed by atoms with Gasteiger partial charge in [-0.3, -0.25) is 4.99 Å². The van der Waals surface area contributed by atoms with E-state index in [9.17, 15) is 0 Å². The molecule has 0 saturated carbocycles. The summed E-state index contributed by atoms with van der Waals surface area (Å²) in [6.07, 6.45) is 5.20. The molecule has 0 radical (unpaired) electrons. The highest BCUT2D eigenvalue weighted by Crippen LogP contribution is 2.42. The third-order valence-electron chi connectivity index (χ3n) is 10.8. The number of hydrogen-bond acceptors (Lipinski definition) is 4. The summed E-state index contributed by atoms with van der Waals surface area (Å²) in [6.45, 7) is 0. The maximum atomic E-state index is 6.79. The van der Waals surface area contributed by atoms with Crippen LogP contribution >= 0.6 is 0 Å². The van der Waals surface area contributed by atoms with Gasteiger partial charge >= 0.3 is 0 Å². The molecule has 9 aromatic rings. The number of fused-ring (bicyclic) bond motifs is 8. The van der Waals surface area contributed by atoms with Crippen LogP contribution < -0.4 is 16.0 Å². The fraction of sp³-hybridized carbons (Fsp3) is 0.0625. The lowest BCUT2D eigenvalue weighted by Gasteiger charge is -2.26. The number of anilines is 1. The van der Waals surface area contributed by atoms with Crippen molar-refractivity contribution in [3.63, 3.8) is 0 Å². The van der Waals surface area contributed by atoms with E-state index < -0.39 is 0 Å². The molecule has 0 saturated heterocycles. The number of nitrogens with one attached hydrogen (secondary N) is 1. The quantitative estimate of drug-likeness (QED) is 0.203. The van der Waals surface area contributed by atoms with E-state index in [1.807, 2.05) is 18.2 Å². The Kier molecular flexibility index (Phi) is 6.41. The zero-order valence-electron chi connectivity index (χ0n) is 28.2. The maximum absolute atomic E-state index is 6.79. The molecule has 0 bridgehead atoms. The van der Waals surface area contributed by atoms with E-state index in [1.54, 1.807) is 0 Å². The van der Waals surface area contributed by atoms with Gasteiger partial charge in [-0.15, -0.1) is 0 Å². The van der Waals surface area contributed by atoms with E-state index in [0.717, 1.165) is 84.0 Å². The van der Waals surface area contributed by atoms with Crippen LogP contribution in [0.3, 0.4) is 0 Å². The van der Waals surface area contributed by atoms with Gasteiger partial charge in [0.05, 0.1) is 5.71 Å². The highest BCUT2D eigenvalue weighted by molar-refractivity contribution is 6.17. The minimum atomic E-state index is -0.354. The van der Waals surface area contributed by atoms with Crippen LogP contribution in [0.2, 0.25) is 0 Å². The summed E-state index contributed by atoms with van der Waals surface area (Å²) in [5.74, 6) is 0.253. The number of furan rings is 2. The highest BCUT2D eigenvalue weighted by atomic mass is 16.3. The Morgan fingerprint density at radius 1 is 0.577 bits per heavy atom. The third kappa shape index (κ3) is 4.65. The van der Waals surface area contributed by atoms with Gasteiger partial charge in [0.25, 0.3) is 0 Å². The Bertz CT molecular complexity index is 3020. The second-order valence-corrected chi connectivity index (χ2v) is 13.9. The first-order valence-corrected chi connectivity index (χ1v) is 17.9. The van der Waals surface area contributed by atoms with Gasteiger partial charge in [0.15, 0.2) is 0 Å². The molecule has 2 aromatic heterocycles. The van der Waals surface area contributed by atoms with Crippen molar-refractivity contribution in [1.82, 2.24) is 0 Å². The summed E-state index contributed by atoms with van der Waals surface area (Å²) >= 11 is 0. The van der Waals surface area contributed by atoms with Gasteiger partial charge in [-0.1, -0.05) is 121 Å². The van der Waals surface area contributed by atoms with E-state index in [2.05, 4.69) is 151 Å². The van der Waals surface area contributed by atoms with Gasteiger partial charge in [0, 0.05) is 49.7 Å². The smallest absolute Gasteiger partial charge is 0.149 e. The van der Waals surface area contributed by atoms with Crippen molar-refractivity contribution in [2.45, 2.75) is 18.5 Å². The Morgan fingerprint density at radius 3 is 2.23 bits per heavy atom. The Labute approximate surface area is 299 Å². The summed E-state index contributed by atoms with van der Waals surface area (Å²) in [5.41, 5.74) is 12.4. The number of rotatable bonds is 4. The van der Waals surface area contributed by atoms with E-state index >= 15 is 0 Å². The average Bonchev–Trinajstić information content (AvgIpc) is 3.77. The minimum Gasteiger partial charge on any atom is -0.456 e. The number of benzene rings is 7. The highest BCUT2D eigenvalue weighted by Gasteiger charge is 2.26. The molecule has 1 aliphatic carbocycles. The number of aliphatic imine (C=N–C) groups is 1. The van der Waals surface area contributed by atoms with Crippen LogP contribution in [0, 0.1) is 0 Å². The lowest BCUT2D eigenvalue weighted by Crippen LogP contribution is -2.24. The molecule has 11 rings (SSSR count). The fourth-order valence-electron chi connectivity index (χ4n) is 8.20. The van der Waals surface area contributed by atoms with Crippen LogP contribution in [-0.4, -0.2) is 5.71 Å². The maximum Gasteiger partial charge on any atom is 0.149 e. The van der Waals surface area contributed by atoms with Gasteiger partial charge in [0.2, 0.25) is 0 Å². The van der Waals surface area contributed by atoms with Gasteiger partial charge in [-0.05, 0) is 76.4 Å². The molecule has 1 aliphatic heterocycles. The molecular formula is C48H32N2O2. The Morgan fingerprint density at radius 2 is 1.35 bits per heavy atom. The summed E-state index contributed by atoms with van der Waals surface area (Å²) in [6, 6.07) is 53.7. The van der Waals surface area contributed by atoms with Crippen molar-refractivity contribution in [1.29, 1.82) is 0 Å². The van der Waals surface area contributed by atoms with Crippen LogP contribution in [-0.2, 0) is 0 Å². The lowest BCUT2D eigenvalue weighted by atomic mass is 9.90. The van der Waals surface area contributed by atoms with Gasteiger partial charge in [-0.2, -0.15) is 0 Å². The van der Waals surface area contributed by atoms with E-state index in [0.29, 0.717) is 0 Å². The van der Waals surface area contributed by atoms with Crippen molar-refractivity contribution in [2.75, 3.05) is 5.32 Å². The zero-order valence-corrected chi connectivity index (χ0v) is 28.2. The van der Waals surface area contributed by atoms with Crippen LogP contribution in [0.5, 0.6) is 0 Å². The monoisotopic (exact) mass is 668 g/mol. The van der Waals surface area contributed by atoms with Crippen LogP contribution in [0.25, 0.3) is 67.0 Å². The largest absolute Gasteiger partial charge is 0.456 e. The number of hydrogen-bond donors (Lipinski definition) is 1. The molecular weight excluding hydrogens is 637 g/mol. The fourth-order valence-corrected chi connectivity index (χ4v) is 8.20. The normalized spacial score (nSPS) is 16.6. The molecule has 7 aromatic carbocycles. The second kappa shape index (κ2) is 11.4. The van der Waals surface area contributed by atoms with Crippen LogP contribution in [0.1, 0.15) is 40.8 Å². The molecule has 246 valence electrons. The third-order valence-corrected chi connectivity index (χ3v) is 10.8. The van der Waals surface area contributed by atoms with E-state index in [4.69, 9.17) is 13.8 Å². The Balaban J connectivity index is 1.06. The number of para-hydroxylation sites is 2. The predicted octanol–water partition coefficient (Wildman–Crippen LogP) is 10.9. The molecule has 2 unspecified atom stereocenters. The first-order chi connectivity index (χ1) is 25.7. The van der Waals surface area contributed by atoms with Crippen LogP contribution in [0.4, 0.5) is 5.69 Å². The lowest BCUT2D eigenvalue weighted by molar-refractivity contribution is 0.569. The van der Waals surface area contributed by atoms with Crippen molar-refractivity contribution in [2.24, 2.45) is 4.99 Å². The molecule has 0 fully saturated rings. The molecule has 0 amide bonds. The molecule has 2 aliphatic rings. The molecule has 3 heterocycles. The SMILES string of the molecule is C1=c2oc3ccccc3c2=CCC1c1ccc(-c2cc(C3N=C(c4ccccc4)c4ccccc4N3)c3oc4cc5ccccc5cc4c3c2)cc1. The van der Waals surface area contributed by atoms with Gasteiger partial charge in [0.1, 0.15) is 28.3 Å². The van der Waals surface area contributed by atoms with E-state index in [-0.39, 0.29) is 12.1 Å². The minimum absolute atomic E-state index is 0.253. The standard InChI is InChI=1S/C48H32N2O2/c1-2-10-31(11-3-1)46-38-15-6-8-16-42(38)49-48(50-46)41-26-35(25-40-39-24-32-12-4-5-13-33(32)27-45(39)52-47(40)41)30-20-18-29(19-21-30)34-22-23-37-36-14-7-9-17-43(36)51-44(37)28-34/h1-21,23-28,34,48-49H,22H2. The van der Waals surface area contributed by atoms with Crippen molar-refractivity contribution < 1.29 is 8.83 Å². The first-order valence-electron chi connectivity index (χ1n) is 17.9. The van der Waals surface area contributed by atoms with Crippen molar-refractivity contribution in [3.8, 4) is 11.1 Å². The first kappa shape index (κ1) is 29.1. The molecule has 2 atom stereocenters. The summed E-state index contributed by atoms with van der Waals surface area (Å²) in [5, 5.41) is 10.7. The summed E-state index contributed by atoms with van der Waals surface area (Å²) in [7, 11) is 0. The van der Waals surface area contributed by atoms with Crippen molar-refractivity contribution >= 4 is 67.2 Å². The predicted molar refractivity (Wildman–Crippen MR) is 213 cm³/mol. The van der Waals surface area contributed by atoms with Crippen molar-refractivity contribution in [3.05, 3.63) is 185 Å². The molecule has 52 heavy (non-hydrogen) atoms.